The highest BCUT2D eigenvalue weighted by molar-refractivity contribution is 7.98. The molecule has 1 fully saturated rings. The van der Waals surface area contributed by atoms with Crippen molar-refractivity contribution in [3.05, 3.63) is 29.6 Å². The van der Waals surface area contributed by atoms with Crippen molar-refractivity contribution in [2.45, 2.75) is 11.2 Å². The molecule has 76 valence electrons. The molecule has 0 saturated carbocycles. The summed E-state index contributed by atoms with van der Waals surface area (Å²) < 4.78 is 24.0. The topological polar surface area (TPSA) is 18.5 Å². The summed E-state index contributed by atoms with van der Waals surface area (Å²) in [6.45, 7) is 1.16. The molecule has 2 rings (SSSR count). The fraction of sp³-hybridized carbons (Fsp3) is 0.400. The van der Waals surface area contributed by atoms with Gasteiger partial charge in [0.2, 0.25) is 0 Å². The van der Waals surface area contributed by atoms with Crippen molar-refractivity contribution in [1.29, 1.82) is 0 Å². The molecule has 0 N–H and O–H groups in total. The molecule has 2 nitrogen and oxygen atoms in total. The van der Waals surface area contributed by atoms with Crippen molar-refractivity contribution < 1.29 is 13.9 Å². The van der Waals surface area contributed by atoms with E-state index in [1.54, 1.807) is 6.07 Å². The minimum absolute atomic E-state index is 0.214. The minimum Gasteiger partial charge on any atom is -0.346 e. The van der Waals surface area contributed by atoms with Crippen LogP contribution in [-0.4, -0.2) is 19.5 Å². The zero-order valence-corrected chi connectivity index (χ0v) is 8.64. The predicted octanol–water partition coefficient (Wildman–Crippen LogP) is 2.59. The fourth-order valence-electron chi connectivity index (χ4n) is 1.46. The molecule has 4 heteroatoms. The molecule has 0 bridgehead atoms. The van der Waals surface area contributed by atoms with Crippen LogP contribution in [0.3, 0.4) is 0 Å². The number of thioether (sulfide) groups is 1. The quantitative estimate of drug-likeness (QED) is 0.705. The van der Waals surface area contributed by atoms with Gasteiger partial charge >= 0.3 is 0 Å². The molecular weight excluding hydrogens is 203 g/mol. The summed E-state index contributed by atoms with van der Waals surface area (Å²) in [7, 11) is 0. The van der Waals surface area contributed by atoms with Crippen LogP contribution in [0.4, 0.5) is 4.39 Å². The van der Waals surface area contributed by atoms with Gasteiger partial charge in [-0.1, -0.05) is 12.1 Å². The van der Waals surface area contributed by atoms with Gasteiger partial charge in [0.25, 0.3) is 0 Å². The van der Waals surface area contributed by atoms with Crippen LogP contribution >= 0.6 is 11.8 Å². The van der Waals surface area contributed by atoms with E-state index in [9.17, 15) is 4.39 Å². The van der Waals surface area contributed by atoms with Gasteiger partial charge < -0.3 is 9.47 Å². The Balaban J connectivity index is 2.35. The molecule has 0 atom stereocenters. The van der Waals surface area contributed by atoms with E-state index in [-0.39, 0.29) is 5.82 Å². The van der Waals surface area contributed by atoms with E-state index in [4.69, 9.17) is 9.47 Å². The Kier molecular flexibility index (Phi) is 3.05. The van der Waals surface area contributed by atoms with E-state index in [1.807, 2.05) is 12.3 Å². The van der Waals surface area contributed by atoms with Crippen LogP contribution < -0.4 is 0 Å². The molecule has 1 aromatic rings. The van der Waals surface area contributed by atoms with Crippen LogP contribution in [0.5, 0.6) is 0 Å². The average Bonchev–Trinajstić information content (AvgIpc) is 2.70. The van der Waals surface area contributed by atoms with Gasteiger partial charge in [0.1, 0.15) is 5.82 Å². The van der Waals surface area contributed by atoms with Crippen LogP contribution in [0, 0.1) is 5.82 Å². The van der Waals surface area contributed by atoms with Crippen molar-refractivity contribution in [2.24, 2.45) is 0 Å². The van der Waals surface area contributed by atoms with Crippen LogP contribution in [-0.2, 0) is 9.47 Å². The lowest BCUT2D eigenvalue weighted by molar-refractivity contribution is -0.0463. The van der Waals surface area contributed by atoms with Gasteiger partial charge in [0.15, 0.2) is 6.29 Å². The summed E-state index contributed by atoms with van der Waals surface area (Å²) >= 11 is 1.37. The highest BCUT2D eigenvalue weighted by Crippen LogP contribution is 2.32. The third-order valence-electron chi connectivity index (χ3n) is 2.08. The van der Waals surface area contributed by atoms with E-state index in [0.717, 1.165) is 5.56 Å². The third-order valence-corrected chi connectivity index (χ3v) is 2.92. The number of halogens is 1. The maximum absolute atomic E-state index is 13.4. The Morgan fingerprint density at radius 1 is 1.36 bits per heavy atom. The molecule has 1 heterocycles. The lowest BCUT2D eigenvalue weighted by Gasteiger charge is -2.13. The van der Waals surface area contributed by atoms with Crippen LogP contribution in [0.15, 0.2) is 23.1 Å². The van der Waals surface area contributed by atoms with Crippen molar-refractivity contribution in [3.8, 4) is 0 Å². The first-order chi connectivity index (χ1) is 6.83. The van der Waals surface area contributed by atoms with Crippen LogP contribution in [0.2, 0.25) is 0 Å². The number of hydrogen-bond acceptors (Lipinski definition) is 3. The Hall–Kier alpha value is -0.580. The Bertz CT molecular complexity index is 324. The second-order valence-corrected chi connectivity index (χ2v) is 3.75. The first-order valence-corrected chi connectivity index (χ1v) is 5.61. The number of rotatable bonds is 2. The molecule has 1 aromatic carbocycles. The predicted molar refractivity (Wildman–Crippen MR) is 52.8 cm³/mol. The largest absolute Gasteiger partial charge is 0.346 e. The van der Waals surface area contributed by atoms with Gasteiger partial charge in [-0.05, 0) is 12.3 Å². The lowest BCUT2D eigenvalue weighted by atomic mass is 10.2. The van der Waals surface area contributed by atoms with Gasteiger partial charge in [-0.3, -0.25) is 0 Å². The van der Waals surface area contributed by atoms with Crippen LogP contribution in [0.1, 0.15) is 11.9 Å². The molecule has 0 spiro atoms. The Labute approximate surface area is 86.4 Å². The highest BCUT2D eigenvalue weighted by atomic mass is 32.2. The number of benzene rings is 1. The van der Waals surface area contributed by atoms with Crippen molar-refractivity contribution in [2.75, 3.05) is 19.5 Å². The van der Waals surface area contributed by atoms with E-state index in [2.05, 4.69) is 0 Å². The monoisotopic (exact) mass is 214 g/mol. The van der Waals surface area contributed by atoms with Gasteiger partial charge in [-0.15, -0.1) is 11.8 Å². The third kappa shape index (κ3) is 1.78. The van der Waals surface area contributed by atoms with Gasteiger partial charge in [0, 0.05) is 5.56 Å². The van der Waals surface area contributed by atoms with Crippen molar-refractivity contribution >= 4 is 11.8 Å². The summed E-state index contributed by atoms with van der Waals surface area (Å²) in [5.74, 6) is -0.214. The zero-order chi connectivity index (χ0) is 9.97. The Morgan fingerprint density at radius 2 is 2.07 bits per heavy atom. The SMILES string of the molecule is CSc1c(F)cccc1C1OCCO1. The maximum Gasteiger partial charge on any atom is 0.185 e. The summed E-state index contributed by atoms with van der Waals surface area (Å²) in [6.07, 6.45) is 1.45. The highest BCUT2D eigenvalue weighted by Gasteiger charge is 2.22. The molecule has 0 aromatic heterocycles. The molecule has 0 radical (unpaired) electrons. The molecule has 0 unspecified atom stereocenters. The van der Waals surface area contributed by atoms with Gasteiger partial charge in [-0.25, -0.2) is 4.39 Å². The second-order valence-electron chi connectivity index (χ2n) is 2.94. The van der Waals surface area contributed by atoms with Crippen molar-refractivity contribution in [1.82, 2.24) is 0 Å². The molecule has 1 saturated heterocycles. The Morgan fingerprint density at radius 3 is 2.71 bits per heavy atom. The molecule has 1 aliphatic heterocycles. The molecule has 1 aliphatic rings. The molecule has 0 amide bonds. The van der Waals surface area contributed by atoms with Gasteiger partial charge in [-0.2, -0.15) is 0 Å². The lowest BCUT2D eigenvalue weighted by Crippen LogP contribution is -2.01. The fourth-order valence-corrected chi connectivity index (χ4v) is 2.13. The van der Waals surface area contributed by atoms with Crippen LogP contribution in [0.25, 0.3) is 0 Å². The number of ether oxygens (including phenoxy) is 2. The molecule has 0 aliphatic carbocycles. The van der Waals surface area contributed by atoms with E-state index in [0.29, 0.717) is 18.1 Å². The van der Waals surface area contributed by atoms with Crippen molar-refractivity contribution in [3.63, 3.8) is 0 Å². The van der Waals surface area contributed by atoms with E-state index >= 15 is 0 Å². The maximum atomic E-state index is 13.4. The zero-order valence-electron chi connectivity index (χ0n) is 7.83. The first kappa shape index (κ1) is 9.96. The first-order valence-electron chi connectivity index (χ1n) is 4.38. The smallest absolute Gasteiger partial charge is 0.185 e. The normalized spacial score (nSPS) is 17.6. The van der Waals surface area contributed by atoms with Gasteiger partial charge in [0.05, 0.1) is 18.1 Å². The summed E-state index contributed by atoms with van der Waals surface area (Å²) in [5, 5.41) is 0. The summed E-state index contributed by atoms with van der Waals surface area (Å²) in [6, 6.07) is 4.96. The average molecular weight is 214 g/mol. The summed E-state index contributed by atoms with van der Waals surface area (Å²) in [4.78, 5) is 0.611. The molecular formula is C10H11FO2S. The minimum atomic E-state index is -0.395. The van der Waals surface area contributed by atoms with E-state index < -0.39 is 6.29 Å². The van der Waals surface area contributed by atoms with E-state index in [1.165, 1.54) is 17.8 Å². The second kappa shape index (κ2) is 4.29. The number of hydrogen-bond donors (Lipinski definition) is 0. The standard InChI is InChI=1S/C10H11FO2S/c1-14-9-7(3-2-4-8(9)11)10-12-5-6-13-10/h2-4,10H,5-6H2,1H3. The molecule has 14 heavy (non-hydrogen) atoms. The summed E-state index contributed by atoms with van der Waals surface area (Å²) in [5.41, 5.74) is 0.787.